The molecule has 1 aromatic carbocycles. The Kier molecular flexibility index (Phi) is 5.76. The van der Waals surface area contributed by atoms with Crippen LogP contribution in [0.4, 0.5) is 0 Å². The Bertz CT molecular complexity index is 878. The van der Waals surface area contributed by atoms with Crippen molar-refractivity contribution in [1.82, 2.24) is 5.32 Å². The van der Waals surface area contributed by atoms with E-state index in [1.807, 2.05) is 18.2 Å². The Morgan fingerprint density at radius 3 is 2.56 bits per heavy atom. The van der Waals surface area contributed by atoms with E-state index in [0.717, 1.165) is 24.8 Å². The summed E-state index contributed by atoms with van der Waals surface area (Å²) in [5, 5.41) is 13.5. The minimum absolute atomic E-state index is 0.0580. The molecule has 0 aliphatic heterocycles. The second-order valence-corrected chi connectivity index (χ2v) is 11.9. The van der Waals surface area contributed by atoms with Crippen LogP contribution < -0.4 is 5.32 Å². The summed E-state index contributed by atoms with van der Waals surface area (Å²) in [6, 6.07) is 10.2. The second kappa shape index (κ2) is 8.31. The van der Waals surface area contributed by atoms with Crippen molar-refractivity contribution in [2.24, 2.45) is 40.4 Å². The molecule has 0 bridgehead atoms. The molecule has 174 valence electrons. The number of hydrogen-bond acceptors (Lipinski definition) is 2. The topological polar surface area (TPSA) is 49.3 Å². The van der Waals surface area contributed by atoms with Crippen LogP contribution >= 0.6 is 0 Å². The third kappa shape index (κ3) is 3.56. The third-order valence-electron chi connectivity index (χ3n) is 10.5. The van der Waals surface area contributed by atoms with Crippen molar-refractivity contribution in [3.8, 4) is 0 Å². The average Bonchev–Trinajstić information content (AvgIpc) is 3.15. The van der Waals surface area contributed by atoms with E-state index in [1.165, 1.54) is 32.1 Å². The van der Waals surface area contributed by atoms with Gasteiger partial charge < -0.3 is 10.4 Å². The smallest absolute Gasteiger partial charge is 0.223 e. The highest BCUT2D eigenvalue weighted by Gasteiger charge is 2.58. The molecule has 0 heterocycles. The van der Waals surface area contributed by atoms with E-state index >= 15 is 0 Å². The summed E-state index contributed by atoms with van der Waals surface area (Å²) in [6.07, 6.45) is 11.7. The standard InChI is InChI=1S/C29H41NO2/c1-19(27(32)30-18-20-7-5-4-6-8-20)24-11-12-25-23-10-9-21-17-22(31)13-15-28(21,2)26(23)14-16-29(24,25)3/h4-8,10,19,21-22,24-26,31H,9,11-18H2,1-3H3,(H,30,32)/t19-,21?,22-,24+,25-,26-,28-,29+/m0/s1. The minimum atomic E-state index is -0.0945. The fraction of sp³-hybridized carbons (Fsp3) is 0.690. The van der Waals surface area contributed by atoms with Crippen molar-refractivity contribution >= 4 is 5.91 Å². The lowest BCUT2D eigenvalue weighted by atomic mass is 9.47. The zero-order valence-corrected chi connectivity index (χ0v) is 20.1. The third-order valence-corrected chi connectivity index (χ3v) is 10.5. The SMILES string of the molecule is C[C@H](C(=O)NCc1ccccc1)[C@H]1CC[C@H]2C3=CCC4C[C@@H](O)CC[C@]4(C)[C@H]3CC[C@]12C. The predicted octanol–water partition coefficient (Wildman–Crippen LogP) is 5.88. The van der Waals surface area contributed by atoms with E-state index in [2.05, 4.69) is 44.3 Å². The number of benzene rings is 1. The van der Waals surface area contributed by atoms with Gasteiger partial charge in [-0.3, -0.25) is 4.79 Å². The molecule has 0 saturated heterocycles. The highest BCUT2D eigenvalue weighted by Crippen LogP contribution is 2.66. The Balaban J connectivity index is 1.31. The van der Waals surface area contributed by atoms with Gasteiger partial charge in [0.15, 0.2) is 0 Å². The lowest BCUT2D eigenvalue weighted by Crippen LogP contribution is -2.50. The fourth-order valence-corrected chi connectivity index (χ4v) is 8.48. The first-order valence-electron chi connectivity index (χ1n) is 13.0. The fourth-order valence-electron chi connectivity index (χ4n) is 8.48. The number of nitrogens with one attached hydrogen (secondary N) is 1. The number of carbonyl (C=O) groups excluding carboxylic acids is 1. The van der Waals surface area contributed by atoms with E-state index < -0.39 is 0 Å². The molecule has 0 aromatic heterocycles. The van der Waals surface area contributed by atoms with Gasteiger partial charge in [-0.05, 0) is 91.4 Å². The van der Waals surface area contributed by atoms with Gasteiger partial charge in [-0.1, -0.05) is 62.8 Å². The van der Waals surface area contributed by atoms with Crippen molar-refractivity contribution in [1.29, 1.82) is 0 Å². The Morgan fingerprint density at radius 1 is 1.06 bits per heavy atom. The van der Waals surface area contributed by atoms with E-state index in [9.17, 15) is 9.90 Å². The monoisotopic (exact) mass is 435 g/mol. The van der Waals surface area contributed by atoms with Crippen LogP contribution in [0.5, 0.6) is 0 Å². The maximum absolute atomic E-state index is 13.1. The molecule has 3 nitrogen and oxygen atoms in total. The second-order valence-electron chi connectivity index (χ2n) is 11.9. The first-order valence-corrected chi connectivity index (χ1v) is 13.0. The molecule has 0 radical (unpaired) electrons. The molecule has 32 heavy (non-hydrogen) atoms. The Hall–Kier alpha value is -1.61. The molecule has 4 aliphatic rings. The highest BCUT2D eigenvalue weighted by molar-refractivity contribution is 5.78. The summed E-state index contributed by atoms with van der Waals surface area (Å²) >= 11 is 0. The van der Waals surface area contributed by atoms with Crippen LogP contribution in [0.25, 0.3) is 0 Å². The van der Waals surface area contributed by atoms with E-state index in [1.54, 1.807) is 5.57 Å². The van der Waals surface area contributed by atoms with Crippen LogP contribution in [-0.4, -0.2) is 17.1 Å². The molecule has 1 amide bonds. The van der Waals surface area contributed by atoms with Crippen molar-refractivity contribution in [3.63, 3.8) is 0 Å². The molecule has 8 atom stereocenters. The number of amides is 1. The molecule has 0 spiro atoms. The van der Waals surface area contributed by atoms with E-state index in [-0.39, 0.29) is 23.3 Å². The summed E-state index contributed by atoms with van der Waals surface area (Å²) in [7, 11) is 0. The van der Waals surface area contributed by atoms with Crippen molar-refractivity contribution in [2.45, 2.75) is 84.8 Å². The first kappa shape index (κ1) is 22.2. The molecule has 3 heteroatoms. The van der Waals surface area contributed by atoms with Gasteiger partial charge in [0.2, 0.25) is 5.91 Å². The molecule has 1 unspecified atom stereocenters. The number of carbonyl (C=O) groups is 1. The minimum Gasteiger partial charge on any atom is -0.393 e. The van der Waals surface area contributed by atoms with Crippen molar-refractivity contribution in [2.75, 3.05) is 0 Å². The van der Waals surface area contributed by atoms with Gasteiger partial charge in [0, 0.05) is 12.5 Å². The van der Waals surface area contributed by atoms with Crippen LogP contribution in [-0.2, 0) is 11.3 Å². The summed E-state index contributed by atoms with van der Waals surface area (Å²) in [4.78, 5) is 13.1. The number of aliphatic hydroxyl groups is 1. The summed E-state index contributed by atoms with van der Waals surface area (Å²) in [6.45, 7) is 7.80. The van der Waals surface area contributed by atoms with Gasteiger partial charge in [0.1, 0.15) is 0 Å². The normalized spacial score (nSPS) is 41.6. The lowest BCUT2D eigenvalue weighted by molar-refractivity contribution is -0.128. The van der Waals surface area contributed by atoms with Gasteiger partial charge >= 0.3 is 0 Å². The van der Waals surface area contributed by atoms with Crippen molar-refractivity contribution < 1.29 is 9.90 Å². The maximum Gasteiger partial charge on any atom is 0.223 e. The quantitative estimate of drug-likeness (QED) is 0.580. The van der Waals surface area contributed by atoms with Crippen LogP contribution in [0.15, 0.2) is 42.0 Å². The summed E-state index contributed by atoms with van der Waals surface area (Å²) < 4.78 is 0. The van der Waals surface area contributed by atoms with Crippen LogP contribution in [0.3, 0.4) is 0 Å². The van der Waals surface area contributed by atoms with E-state index in [4.69, 9.17) is 0 Å². The molecular formula is C29H41NO2. The Labute approximate surface area is 194 Å². The van der Waals surface area contributed by atoms with Crippen LogP contribution in [0.1, 0.15) is 77.7 Å². The van der Waals surface area contributed by atoms with E-state index in [0.29, 0.717) is 35.6 Å². The number of rotatable bonds is 4. The van der Waals surface area contributed by atoms with Crippen LogP contribution in [0.2, 0.25) is 0 Å². The Morgan fingerprint density at radius 2 is 1.78 bits per heavy atom. The number of allylic oxidation sites excluding steroid dienone is 2. The predicted molar refractivity (Wildman–Crippen MR) is 129 cm³/mol. The molecular weight excluding hydrogens is 394 g/mol. The van der Waals surface area contributed by atoms with Crippen LogP contribution in [0, 0.1) is 40.4 Å². The van der Waals surface area contributed by atoms with Gasteiger partial charge in [0.05, 0.1) is 6.10 Å². The summed E-state index contributed by atoms with van der Waals surface area (Å²) in [5.74, 6) is 2.71. The molecule has 4 aliphatic carbocycles. The highest BCUT2D eigenvalue weighted by atomic mass is 16.3. The number of aliphatic hydroxyl groups excluding tert-OH is 1. The maximum atomic E-state index is 13.1. The zero-order valence-electron chi connectivity index (χ0n) is 20.1. The molecule has 3 fully saturated rings. The van der Waals surface area contributed by atoms with Gasteiger partial charge in [-0.2, -0.15) is 0 Å². The lowest BCUT2D eigenvalue weighted by Gasteiger charge is -2.57. The molecule has 3 saturated carbocycles. The van der Waals surface area contributed by atoms with Crippen molar-refractivity contribution in [3.05, 3.63) is 47.5 Å². The number of fused-ring (bicyclic) bond motifs is 5. The average molecular weight is 436 g/mol. The summed E-state index contributed by atoms with van der Waals surface area (Å²) in [5.41, 5.74) is 3.50. The largest absolute Gasteiger partial charge is 0.393 e. The molecule has 2 N–H and O–H groups in total. The van der Waals surface area contributed by atoms with Gasteiger partial charge in [0.25, 0.3) is 0 Å². The first-order chi connectivity index (χ1) is 15.3. The number of hydrogen-bond donors (Lipinski definition) is 2. The molecule has 5 rings (SSSR count). The van der Waals surface area contributed by atoms with Gasteiger partial charge in [-0.15, -0.1) is 0 Å². The molecule has 1 aromatic rings. The zero-order chi connectivity index (χ0) is 22.5. The van der Waals surface area contributed by atoms with Gasteiger partial charge in [-0.25, -0.2) is 0 Å².